The number of hydrogen-bond donors (Lipinski definition) is 2. The van der Waals surface area contributed by atoms with Crippen molar-refractivity contribution in [3.05, 3.63) is 47.7 Å². The summed E-state index contributed by atoms with van der Waals surface area (Å²) in [6, 6.07) is 10.1. The molecular weight excluding hydrogens is 472 g/mol. The van der Waals surface area contributed by atoms with Gasteiger partial charge in [0, 0.05) is 37.1 Å². The number of carbonyl (C=O) groups excluding carboxylic acids is 2. The van der Waals surface area contributed by atoms with Crippen LogP contribution >= 0.6 is 0 Å². The third-order valence-electron chi connectivity index (χ3n) is 5.55. The van der Waals surface area contributed by atoms with Gasteiger partial charge in [0.15, 0.2) is 11.5 Å². The van der Waals surface area contributed by atoms with Gasteiger partial charge in [0.1, 0.15) is 6.54 Å². The molecular formula is C24H30N4O6S. The lowest BCUT2D eigenvalue weighted by Gasteiger charge is -2.24. The maximum absolute atomic E-state index is 12.8. The van der Waals surface area contributed by atoms with E-state index in [4.69, 9.17) is 9.47 Å². The maximum Gasteiger partial charge on any atom is 0.258 e. The highest BCUT2D eigenvalue weighted by Gasteiger charge is 2.29. The van der Waals surface area contributed by atoms with Gasteiger partial charge in [-0.15, -0.1) is 0 Å². The molecule has 0 bridgehead atoms. The van der Waals surface area contributed by atoms with Gasteiger partial charge in [0.2, 0.25) is 15.9 Å². The second-order valence-corrected chi connectivity index (χ2v) is 10.1. The smallest absolute Gasteiger partial charge is 0.258 e. The highest BCUT2D eigenvalue weighted by atomic mass is 32.2. The number of methoxy groups -OCH3 is 2. The van der Waals surface area contributed by atoms with Crippen molar-refractivity contribution in [3.63, 3.8) is 0 Å². The van der Waals surface area contributed by atoms with Crippen molar-refractivity contribution in [2.45, 2.75) is 13.3 Å². The first-order chi connectivity index (χ1) is 16.5. The van der Waals surface area contributed by atoms with Crippen LogP contribution in [0.15, 0.2) is 42.1 Å². The van der Waals surface area contributed by atoms with Crippen LogP contribution in [0, 0.1) is 0 Å². The molecule has 2 aromatic carbocycles. The summed E-state index contributed by atoms with van der Waals surface area (Å²) in [5.41, 5.74) is 3.51. The number of fused-ring (bicyclic) bond motifs is 1. The molecule has 0 unspecified atom stereocenters. The van der Waals surface area contributed by atoms with E-state index in [1.807, 2.05) is 6.92 Å². The van der Waals surface area contributed by atoms with Crippen LogP contribution in [0.1, 0.15) is 18.9 Å². The predicted octanol–water partition coefficient (Wildman–Crippen LogP) is 2.74. The molecule has 2 aromatic rings. The number of carbonyl (C=O) groups is 2. The van der Waals surface area contributed by atoms with E-state index in [1.165, 1.54) is 19.1 Å². The van der Waals surface area contributed by atoms with E-state index in [-0.39, 0.29) is 18.4 Å². The summed E-state index contributed by atoms with van der Waals surface area (Å²) in [6.07, 6.45) is 1.59. The summed E-state index contributed by atoms with van der Waals surface area (Å²) in [4.78, 5) is 26.3. The van der Waals surface area contributed by atoms with Gasteiger partial charge in [0.25, 0.3) is 5.91 Å². The molecule has 188 valence electrons. The van der Waals surface area contributed by atoms with E-state index in [9.17, 15) is 18.0 Å². The Morgan fingerprint density at radius 2 is 1.66 bits per heavy atom. The standard InChI is InChI=1S/C24H30N4O6S/c1-7-18(23-17-12-20(33-4)21(34-5)13-19(17)26-24(23)30)25-15-8-10-16(11-9-15)28(35(6,31)32)14-22(29)27(2)3/h8-13,25H,7,14H2,1-6H3,(H,26,30)/b23-18-. The van der Waals surface area contributed by atoms with E-state index in [0.717, 1.165) is 10.6 Å². The van der Waals surface area contributed by atoms with Crippen molar-refractivity contribution in [1.82, 2.24) is 4.90 Å². The Hall–Kier alpha value is -3.73. The molecule has 1 heterocycles. The van der Waals surface area contributed by atoms with Crippen molar-refractivity contribution in [2.75, 3.05) is 56.1 Å². The van der Waals surface area contributed by atoms with Crippen LogP contribution in [0.5, 0.6) is 11.5 Å². The van der Waals surface area contributed by atoms with Gasteiger partial charge in [-0.05, 0) is 36.8 Å². The number of nitrogens with zero attached hydrogens (tertiary/aromatic N) is 2. The van der Waals surface area contributed by atoms with Crippen molar-refractivity contribution < 1.29 is 27.5 Å². The molecule has 1 aliphatic heterocycles. The molecule has 0 saturated carbocycles. The molecule has 0 aliphatic carbocycles. The predicted molar refractivity (Wildman–Crippen MR) is 136 cm³/mol. The van der Waals surface area contributed by atoms with Crippen LogP contribution in [0.3, 0.4) is 0 Å². The second-order valence-electron chi connectivity index (χ2n) is 8.14. The fraction of sp³-hybridized carbons (Fsp3) is 0.333. The lowest BCUT2D eigenvalue weighted by molar-refractivity contribution is -0.127. The summed E-state index contributed by atoms with van der Waals surface area (Å²) in [5, 5.41) is 6.14. The van der Waals surface area contributed by atoms with Crippen LogP contribution in [0.4, 0.5) is 17.1 Å². The van der Waals surface area contributed by atoms with Gasteiger partial charge >= 0.3 is 0 Å². The molecule has 10 nitrogen and oxygen atoms in total. The molecule has 2 amide bonds. The molecule has 0 spiro atoms. The molecule has 11 heteroatoms. The quantitative estimate of drug-likeness (QED) is 0.507. The first-order valence-corrected chi connectivity index (χ1v) is 12.7. The number of ether oxygens (including phenoxy) is 2. The van der Waals surface area contributed by atoms with Gasteiger partial charge in [0.05, 0.1) is 37.4 Å². The number of rotatable bonds is 9. The SMILES string of the molecule is CC/C(Nc1ccc(N(CC(=O)N(C)C)S(C)(=O)=O)cc1)=C1/C(=O)Nc2cc(OC)c(OC)cc21. The van der Waals surface area contributed by atoms with Crippen LogP contribution in [0.25, 0.3) is 5.57 Å². The zero-order chi connectivity index (χ0) is 25.9. The number of sulfonamides is 1. The Balaban J connectivity index is 1.94. The summed E-state index contributed by atoms with van der Waals surface area (Å²) < 4.78 is 36.4. The molecule has 0 saturated heterocycles. The zero-order valence-electron chi connectivity index (χ0n) is 20.6. The van der Waals surface area contributed by atoms with Crippen LogP contribution in [-0.2, 0) is 19.6 Å². The first kappa shape index (κ1) is 25.9. The second kappa shape index (κ2) is 10.3. The number of likely N-dealkylation sites (N-methyl/N-ethyl adjacent to an activating group) is 1. The van der Waals surface area contributed by atoms with Gasteiger partial charge in [-0.25, -0.2) is 8.42 Å². The Morgan fingerprint density at radius 3 is 2.17 bits per heavy atom. The molecule has 0 atom stereocenters. The minimum absolute atomic E-state index is 0.248. The zero-order valence-corrected chi connectivity index (χ0v) is 21.4. The van der Waals surface area contributed by atoms with Crippen molar-refractivity contribution >= 4 is 44.5 Å². The molecule has 0 fully saturated rings. The Kier molecular flexibility index (Phi) is 7.59. The summed E-state index contributed by atoms with van der Waals surface area (Å²) in [5.74, 6) is 0.432. The molecule has 1 aliphatic rings. The van der Waals surface area contributed by atoms with E-state index in [2.05, 4.69) is 10.6 Å². The fourth-order valence-electron chi connectivity index (χ4n) is 3.67. The Bertz CT molecular complexity index is 1270. The normalized spacial score (nSPS) is 14.1. The van der Waals surface area contributed by atoms with E-state index >= 15 is 0 Å². The number of anilines is 3. The van der Waals surface area contributed by atoms with E-state index in [1.54, 1.807) is 50.5 Å². The van der Waals surface area contributed by atoms with Crippen molar-refractivity contribution in [1.29, 1.82) is 0 Å². The van der Waals surface area contributed by atoms with Crippen LogP contribution in [-0.4, -0.2) is 66.2 Å². The number of amides is 2. The first-order valence-electron chi connectivity index (χ1n) is 10.9. The highest BCUT2D eigenvalue weighted by molar-refractivity contribution is 7.92. The monoisotopic (exact) mass is 502 g/mol. The average Bonchev–Trinajstić information content (AvgIpc) is 3.13. The average molecular weight is 503 g/mol. The van der Waals surface area contributed by atoms with Crippen molar-refractivity contribution in [2.24, 2.45) is 0 Å². The number of benzene rings is 2. The molecule has 35 heavy (non-hydrogen) atoms. The van der Waals surface area contributed by atoms with Crippen molar-refractivity contribution in [3.8, 4) is 11.5 Å². The summed E-state index contributed by atoms with van der Waals surface area (Å²) in [6.45, 7) is 1.62. The van der Waals surface area contributed by atoms with Crippen LogP contribution < -0.4 is 24.4 Å². The minimum Gasteiger partial charge on any atom is -0.493 e. The van der Waals surface area contributed by atoms with Gasteiger partial charge in [-0.1, -0.05) is 6.92 Å². The van der Waals surface area contributed by atoms with Gasteiger partial charge < -0.3 is 25.0 Å². The number of allylic oxidation sites excluding steroid dienone is 1. The number of hydrogen-bond acceptors (Lipinski definition) is 7. The Labute approximate surface area is 205 Å². The van der Waals surface area contributed by atoms with Gasteiger partial charge in [-0.3, -0.25) is 13.9 Å². The third kappa shape index (κ3) is 5.51. The lowest BCUT2D eigenvalue weighted by Crippen LogP contribution is -2.39. The van der Waals surface area contributed by atoms with Crippen LogP contribution in [0.2, 0.25) is 0 Å². The van der Waals surface area contributed by atoms with Gasteiger partial charge in [-0.2, -0.15) is 0 Å². The third-order valence-corrected chi connectivity index (χ3v) is 6.69. The maximum atomic E-state index is 12.8. The summed E-state index contributed by atoms with van der Waals surface area (Å²) >= 11 is 0. The molecule has 0 radical (unpaired) electrons. The Morgan fingerprint density at radius 1 is 1.06 bits per heavy atom. The fourth-order valence-corrected chi connectivity index (χ4v) is 4.52. The molecule has 3 rings (SSSR count). The largest absolute Gasteiger partial charge is 0.493 e. The van der Waals surface area contributed by atoms with E-state index < -0.39 is 10.0 Å². The topological polar surface area (TPSA) is 117 Å². The lowest BCUT2D eigenvalue weighted by atomic mass is 10.0. The molecule has 0 aromatic heterocycles. The van der Waals surface area contributed by atoms with E-state index in [0.29, 0.717) is 51.8 Å². The number of nitrogens with one attached hydrogen (secondary N) is 2. The summed E-state index contributed by atoms with van der Waals surface area (Å²) in [7, 11) is 2.53. The minimum atomic E-state index is -3.67. The molecule has 2 N–H and O–H groups in total. The highest BCUT2D eigenvalue weighted by Crippen LogP contribution is 2.42.